The quantitative estimate of drug-likeness (QED) is 0.569. The predicted molar refractivity (Wildman–Crippen MR) is 86.7 cm³/mol. The number of nitrogens with zero attached hydrogens (tertiary/aromatic N) is 1. The van der Waals surface area contributed by atoms with Crippen LogP contribution in [0.25, 0.3) is 0 Å². The monoisotopic (exact) mass is 293 g/mol. The van der Waals surface area contributed by atoms with Gasteiger partial charge in [0.25, 0.3) is 5.91 Å². The molecule has 0 heterocycles. The molecule has 0 atom stereocenters. The minimum absolute atomic E-state index is 0.142. The van der Waals surface area contributed by atoms with Crippen molar-refractivity contribution in [1.82, 2.24) is 10.2 Å². The first-order valence-corrected chi connectivity index (χ1v) is 7.37. The third-order valence-electron chi connectivity index (χ3n) is 3.57. The summed E-state index contributed by atoms with van der Waals surface area (Å²) in [5, 5.41) is 2.91. The van der Waals surface area contributed by atoms with Gasteiger partial charge in [-0.1, -0.05) is 0 Å². The van der Waals surface area contributed by atoms with Gasteiger partial charge in [-0.2, -0.15) is 0 Å². The van der Waals surface area contributed by atoms with Crippen molar-refractivity contribution in [3.8, 4) is 5.75 Å². The third kappa shape index (κ3) is 5.63. The number of carbonyl (C=O) groups is 1. The van der Waals surface area contributed by atoms with Crippen LogP contribution in [-0.4, -0.2) is 44.1 Å². The Morgan fingerprint density at radius 1 is 1.38 bits per heavy atom. The van der Waals surface area contributed by atoms with E-state index in [1.165, 1.54) is 0 Å². The smallest absolute Gasteiger partial charge is 0.255 e. The molecule has 5 heteroatoms. The van der Waals surface area contributed by atoms with E-state index in [0.717, 1.165) is 19.4 Å². The summed E-state index contributed by atoms with van der Waals surface area (Å²) < 4.78 is 5.18. The number of anilines is 1. The number of nitrogens with one attached hydrogen (secondary N) is 1. The van der Waals surface area contributed by atoms with E-state index >= 15 is 0 Å². The van der Waals surface area contributed by atoms with Crippen LogP contribution in [0.4, 0.5) is 5.69 Å². The fourth-order valence-corrected chi connectivity index (χ4v) is 1.94. The molecule has 1 aromatic rings. The first-order valence-electron chi connectivity index (χ1n) is 7.37. The van der Waals surface area contributed by atoms with E-state index < -0.39 is 0 Å². The van der Waals surface area contributed by atoms with Crippen LogP contribution < -0.4 is 15.8 Å². The highest BCUT2D eigenvalue weighted by molar-refractivity contribution is 5.97. The van der Waals surface area contributed by atoms with Crippen molar-refractivity contribution in [2.75, 3.05) is 33.0 Å². The number of amides is 1. The second kappa shape index (κ2) is 8.52. The Hall–Kier alpha value is -1.75. The van der Waals surface area contributed by atoms with Crippen molar-refractivity contribution in [2.45, 2.75) is 32.7 Å². The summed E-state index contributed by atoms with van der Waals surface area (Å²) in [6, 6.07) is 5.62. The normalized spacial score (nSPS) is 11.0. The Morgan fingerprint density at radius 2 is 2.10 bits per heavy atom. The molecular formula is C16H27N3O2. The van der Waals surface area contributed by atoms with E-state index in [2.05, 4.69) is 31.1 Å². The van der Waals surface area contributed by atoms with Gasteiger partial charge < -0.3 is 20.7 Å². The Bertz CT molecular complexity index is 461. The van der Waals surface area contributed by atoms with Crippen LogP contribution >= 0.6 is 0 Å². The largest absolute Gasteiger partial charge is 0.496 e. The van der Waals surface area contributed by atoms with Gasteiger partial charge in [0, 0.05) is 18.3 Å². The first-order chi connectivity index (χ1) is 9.95. The fourth-order valence-electron chi connectivity index (χ4n) is 1.94. The molecule has 0 saturated carbocycles. The standard InChI is InChI=1S/C16H27N3O2/c1-12(2)19(3)10-6-5-9-18-16(20)14-11-13(17)7-8-15(14)21-4/h7-8,11-12H,5-6,9-10,17H2,1-4H3,(H,18,20). The molecule has 0 spiro atoms. The Kier molecular flexibility index (Phi) is 7.02. The predicted octanol–water partition coefficient (Wildman–Crippen LogP) is 2.13. The molecule has 3 N–H and O–H groups in total. The molecule has 1 rings (SSSR count). The summed E-state index contributed by atoms with van der Waals surface area (Å²) >= 11 is 0. The number of benzene rings is 1. The SMILES string of the molecule is COc1ccc(N)cc1C(=O)NCCCCN(C)C(C)C. The lowest BCUT2D eigenvalue weighted by atomic mass is 10.1. The van der Waals surface area contributed by atoms with Crippen molar-refractivity contribution in [3.05, 3.63) is 23.8 Å². The summed E-state index contributed by atoms with van der Waals surface area (Å²) in [4.78, 5) is 14.4. The molecule has 0 aromatic heterocycles. The van der Waals surface area contributed by atoms with Crippen LogP contribution in [-0.2, 0) is 0 Å². The Balaban J connectivity index is 2.39. The minimum atomic E-state index is -0.142. The zero-order valence-corrected chi connectivity index (χ0v) is 13.5. The molecule has 1 aromatic carbocycles. The van der Waals surface area contributed by atoms with E-state index in [4.69, 9.17) is 10.5 Å². The van der Waals surface area contributed by atoms with Gasteiger partial charge in [0.2, 0.25) is 0 Å². The minimum Gasteiger partial charge on any atom is -0.496 e. The average Bonchev–Trinajstić information content (AvgIpc) is 2.46. The molecule has 0 aliphatic heterocycles. The van der Waals surface area contributed by atoms with E-state index in [1.807, 2.05) is 0 Å². The van der Waals surface area contributed by atoms with Gasteiger partial charge in [-0.25, -0.2) is 0 Å². The van der Waals surface area contributed by atoms with Crippen molar-refractivity contribution in [2.24, 2.45) is 0 Å². The van der Waals surface area contributed by atoms with Crippen LogP contribution in [0.1, 0.15) is 37.0 Å². The summed E-state index contributed by atoms with van der Waals surface area (Å²) in [5.74, 6) is 0.401. The molecule has 0 radical (unpaired) electrons. The van der Waals surface area contributed by atoms with Gasteiger partial charge in [-0.05, 0) is 58.5 Å². The van der Waals surface area contributed by atoms with Crippen molar-refractivity contribution in [1.29, 1.82) is 0 Å². The summed E-state index contributed by atoms with van der Waals surface area (Å²) in [6.45, 7) is 6.04. The number of nitrogen functional groups attached to an aromatic ring is 1. The number of hydrogen-bond donors (Lipinski definition) is 2. The van der Waals surface area contributed by atoms with E-state index in [9.17, 15) is 4.79 Å². The number of carbonyl (C=O) groups excluding carboxylic acids is 1. The van der Waals surface area contributed by atoms with E-state index in [1.54, 1.807) is 25.3 Å². The number of rotatable bonds is 8. The molecule has 0 saturated heterocycles. The first kappa shape index (κ1) is 17.3. The molecule has 1 amide bonds. The third-order valence-corrected chi connectivity index (χ3v) is 3.57. The summed E-state index contributed by atoms with van der Waals surface area (Å²) in [7, 11) is 3.66. The van der Waals surface area contributed by atoms with Gasteiger partial charge in [-0.3, -0.25) is 4.79 Å². The van der Waals surface area contributed by atoms with Crippen molar-refractivity contribution >= 4 is 11.6 Å². The molecule has 0 unspecified atom stereocenters. The second-order valence-corrected chi connectivity index (χ2v) is 5.50. The summed E-state index contributed by atoms with van der Waals surface area (Å²) in [6.07, 6.45) is 2.01. The molecule has 118 valence electrons. The maximum Gasteiger partial charge on any atom is 0.255 e. The van der Waals surface area contributed by atoms with E-state index in [0.29, 0.717) is 29.6 Å². The highest BCUT2D eigenvalue weighted by Crippen LogP contribution is 2.20. The maximum atomic E-state index is 12.1. The van der Waals surface area contributed by atoms with Crippen molar-refractivity contribution < 1.29 is 9.53 Å². The zero-order valence-electron chi connectivity index (χ0n) is 13.5. The highest BCUT2D eigenvalue weighted by atomic mass is 16.5. The van der Waals surface area contributed by atoms with Crippen LogP contribution in [0.15, 0.2) is 18.2 Å². The summed E-state index contributed by atoms with van der Waals surface area (Å²) in [5.41, 5.74) is 6.76. The van der Waals surface area contributed by atoms with Gasteiger partial charge in [0.15, 0.2) is 0 Å². The molecule has 0 fully saturated rings. The molecule has 0 aliphatic carbocycles. The maximum absolute atomic E-state index is 12.1. The van der Waals surface area contributed by atoms with Crippen LogP contribution in [0.2, 0.25) is 0 Å². The van der Waals surface area contributed by atoms with Crippen molar-refractivity contribution in [3.63, 3.8) is 0 Å². The van der Waals surface area contributed by atoms with Crippen LogP contribution in [0.3, 0.4) is 0 Å². The van der Waals surface area contributed by atoms with Gasteiger partial charge in [0.1, 0.15) is 5.75 Å². The topological polar surface area (TPSA) is 67.6 Å². The molecule has 0 bridgehead atoms. The number of ether oxygens (including phenoxy) is 1. The Morgan fingerprint density at radius 3 is 2.71 bits per heavy atom. The molecule has 0 aliphatic rings. The average molecular weight is 293 g/mol. The number of unbranched alkanes of at least 4 members (excludes halogenated alkanes) is 1. The lowest BCUT2D eigenvalue weighted by molar-refractivity contribution is 0.0949. The lowest BCUT2D eigenvalue weighted by Crippen LogP contribution is -2.29. The highest BCUT2D eigenvalue weighted by Gasteiger charge is 2.12. The molecule has 5 nitrogen and oxygen atoms in total. The molecule has 21 heavy (non-hydrogen) atoms. The number of hydrogen-bond acceptors (Lipinski definition) is 4. The fraction of sp³-hybridized carbons (Fsp3) is 0.562. The Labute approximate surface area is 127 Å². The van der Waals surface area contributed by atoms with Crippen LogP contribution in [0, 0.1) is 0 Å². The second-order valence-electron chi connectivity index (χ2n) is 5.50. The van der Waals surface area contributed by atoms with Gasteiger partial charge >= 0.3 is 0 Å². The van der Waals surface area contributed by atoms with Gasteiger partial charge in [0.05, 0.1) is 12.7 Å². The lowest BCUT2D eigenvalue weighted by Gasteiger charge is -2.20. The van der Waals surface area contributed by atoms with E-state index in [-0.39, 0.29) is 5.91 Å². The zero-order chi connectivity index (χ0) is 15.8. The van der Waals surface area contributed by atoms with Crippen LogP contribution in [0.5, 0.6) is 5.75 Å². The van der Waals surface area contributed by atoms with Gasteiger partial charge in [-0.15, -0.1) is 0 Å². The number of nitrogens with two attached hydrogens (primary N) is 1. The number of methoxy groups -OCH3 is 1. The molecular weight excluding hydrogens is 266 g/mol.